The molecule has 136 valence electrons. The summed E-state index contributed by atoms with van der Waals surface area (Å²) in [5.41, 5.74) is 4.56. The number of fused-ring (bicyclic) bond motifs is 1. The normalized spacial score (nSPS) is 12.8. The van der Waals surface area contributed by atoms with Gasteiger partial charge in [-0.2, -0.15) is 0 Å². The Labute approximate surface area is 153 Å². The van der Waals surface area contributed by atoms with E-state index in [0.717, 1.165) is 17.8 Å². The van der Waals surface area contributed by atoms with Crippen LogP contribution in [-0.2, 0) is 17.7 Å². The predicted octanol–water partition coefficient (Wildman–Crippen LogP) is 3.67. The van der Waals surface area contributed by atoms with Crippen LogP contribution in [0.1, 0.15) is 44.6 Å². The summed E-state index contributed by atoms with van der Waals surface area (Å²) in [6, 6.07) is 7.95. The van der Waals surface area contributed by atoms with Gasteiger partial charge in [0, 0.05) is 24.5 Å². The van der Waals surface area contributed by atoms with Crippen molar-refractivity contribution >= 4 is 17.6 Å². The van der Waals surface area contributed by atoms with E-state index in [1.807, 2.05) is 36.6 Å². The van der Waals surface area contributed by atoms with Crippen molar-refractivity contribution in [1.29, 1.82) is 0 Å². The van der Waals surface area contributed by atoms with Crippen LogP contribution in [-0.4, -0.2) is 29.6 Å². The number of rotatable bonds is 5. The maximum atomic E-state index is 13.3. The van der Waals surface area contributed by atoms with Gasteiger partial charge in [0.1, 0.15) is 5.69 Å². The Balaban J connectivity index is 2.08. The lowest BCUT2D eigenvalue weighted by Gasteiger charge is -2.18. The first-order valence-electron chi connectivity index (χ1n) is 8.88. The van der Waals surface area contributed by atoms with Crippen molar-refractivity contribution in [2.75, 3.05) is 18.1 Å². The van der Waals surface area contributed by atoms with Crippen LogP contribution < -0.4 is 4.90 Å². The van der Waals surface area contributed by atoms with E-state index in [1.54, 1.807) is 17.9 Å². The molecule has 0 unspecified atom stereocenters. The van der Waals surface area contributed by atoms with Crippen molar-refractivity contribution in [3.05, 3.63) is 65.0 Å². The van der Waals surface area contributed by atoms with E-state index in [9.17, 15) is 9.59 Å². The van der Waals surface area contributed by atoms with Crippen LogP contribution in [0.5, 0.6) is 0 Å². The Morgan fingerprint density at radius 3 is 2.69 bits per heavy atom. The van der Waals surface area contributed by atoms with Gasteiger partial charge in [0.2, 0.25) is 0 Å². The molecule has 5 nitrogen and oxygen atoms in total. The average molecular weight is 352 g/mol. The van der Waals surface area contributed by atoms with Crippen LogP contribution in [0.3, 0.4) is 0 Å². The second-order valence-corrected chi connectivity index (χ2v) is 6.39. The minimum absolute atomic E-state index is 0.0710. The number of hydrogen-bond donors (Lipinski definition) is 0. The summed E-state index contributed by atoms with van der Waals surface area (Å²) in [5.74, 6) is -0.478. The molecule has 1 aliphatic heterocycles. The summed E-state index contributed by atoms with van der Waals surface area (Å²) < 4.78 is 7.02. The molecule has 1 aliphatic rings. The number of carbonyl (C=O) groups excluding carboxylic acids is 2. The van der Waals surface area contributed by atoms with Crippen LogP contribution in [0.15, 0.2) is 36.9 Å². The van der Waals surface area contributed by atoms with E-state index in [1.165, 1.54) is 5.56 Å². The van der Waals surface area contributed by atoms with Crippen molar-refractivity contribution in [1.82, 2.24) is 4.57 Å². The molecule has 5 heteroatoms. The van der Waals surface area contributed by atoms with Crippen molar-refractivity contribution < 1.29 is 14.3 Å². The Hall–Kier alpha value is -2.82. The highest BCUT2D eigenvalue weighted by atomic mass is 16.5. The summed E-state index contributed by atoms with van der Waals surface area (Å²) in [4.78, 5) is 27.6. The molecule has 3 rings (SSSR count). The molecular weight excluding hydrogens is 328 g/mol. The van der Waals surface area contributed by atoms with Crippen LogP contribution in [0.2, 0.25) is 0 Å². The number of benzene rings is 1. The fourth-order valence-corrected chi connectivity index (χ4v) is 3.71. The Morgan fingerprint density at radius 2 is 2.00 bits per heavy atom. The molecule has 2 heterocycles. The van der Waals surface area contributed by atoms with Crippen LogP contribution in [0.4, 0.5) is 5.69 Å². The standard InChI is InChI=1S/C21H24N2O3/c1-5-12-22-15(4)18(14(3)19(22)21(25)26-6-2)20(24)23-13-11-16-9-7-8-10-17(16)23/h5,7-10H,1,6,11-13H2,2-4H3. The minimum atomic E-state index is -0.407. The monoisotopic (exact) mass is 352 g/mol. The first-order chi connectivity index (χ1) is 12.5. The predicted molar refractivity (Wildman–Crippen MR) is 102 cm³/mol. The number of para-hydroxylation sites is 1. The van der Waals surface area contributed by atoms with Crippen molar-refractivity contribution in [3.63, 3.8) is 0 Å². The maximum Gasteiger partial charge on any atom is 0.355 e. The van der Waals surface area contributed by atoms with E-state index in [-0.39, 0.29) is 5.91 Å². The SMILES string of the molecule is C=CCn1c(C)c(C(=O)N2CCc3ccccc32)c(C)c1C(=O)OCC. The average Bonchev–Trinajstić information content (AvgIpc) is 3.15. The third-order valence-corrected chi connectivity index (χ3v) is 4.89. The fraction of sp³-hybridized carbons (Fsp3) is 0.333. The number of aromatic nitrogens is 1. The first-order valence-corrected chi connectivity index (χ1v) is 8.88. The van der Waals surface area contributed by atoms with Crippen LogP contribution in [0.25, 0.3) is 0 Å². The fourth-order valence-electron chi connectivity index (χ4n) is 3.71. The molecule has 1 amide bonds. The zero-order chi connectivity index (χ0) is 18.8. The Morgan fingerprint density at radius 1 is 1.27 bits per heavy atom. The van der Waals surface area contributed by atoms with Gasteiger partial charge in [0.15, 0.2) is 0 Å². The molecule has 0 N–H and O–H groups in total. The second kappa shape index (κ2) is 7.20. The lowest BCUT2D eigenvalue weighted by atomic mass is 10.1. The van der Waals surface area contributed by atoms with Crippen molar-refractivity contribution in [2.45, 2.75) is 33.7 Å². The number of esters is 1. The molecule has 1 aromatic heterocycles. The molecule has 0 spiro atoms. The molecule has 0 bridgehead atoms. The lowest BCUT2D eigenvalue weighted by molar-refractivity contribution is 0.0513. The molecule has 2 aromatic rings. The largest absolute Gasteiger partial charge is 0.461 e. The second-order valence-electron chi connectivity index (χ2n) is 6.39. The van der Waals surface area contributed by atoms with E-state index in [0.29, 0.717) is 36.5 Å². The van der Waals surface area contributed by atoms with Crippen molar-refractivity contribution in [2.24, 2.45) is 0 Å². The van der Waals surface area contributed by atoms with Gasteiger partial charge >= 0.3 is 5.97 Å². The molecule has 0 fully saturated rings. The first kappa shape index (κ1) is 18.0. The minimum Gasteiger partial charge on any atom is -0.461 e. The third kappa shape index (κ3) is 2.83. The number of allylic oxidation sites excluding steroid dienone is 1. The van der Waals surface area contributed by atoms with Crippen molar-refractivity contribution in [3.8, 4) is 0 Å². The van der Waals surface area contributed by atoms with E-state index in [2.05, 4.69) is 12.6 Å². The summed E-state index contributed by atoms with van der Waals surface area (Å²) in [7, 11) is 0. The zero-order valence-corrected chi connectivity index (χ0v) is 15.5. The van der Waals surface area contributed by atoms with Gasteiger partial charge in [-0.3, -0.25) is 4.79 Å². The Bertz CT molecular complexity index is 880. The van der Waals surface area contributed by atoms with E-state index < -0.39 is 5.97 Å². The molecule has 0 atom stereocenters. The van der Waals surface area contributed by atoms with Gasteiger partial charge in [-0.25, -0.2) is 4.79 Å². The highest BCUT2D eigenvalue weighted by Crippen LogP contribution is 2.32. The quantitative estimate of drug-likeness (QED) is 0.609. The zero-order valence-electron chi connectivity index (χ0n) is 15.5. The van der Waals surface area contributed by atoms with Gasteiger partial charge in [0.25, 0.3) is 5.91 Å². The number of carbonyl (C=O) groups is 2. The van der Waals surface area contributed by atoms with Gasteiger partial charge in [-0.05, 0) is 44.4 Å². The number of nitrogens with zero attached hydrogens (tertiary/aromatic N) is 2. The number of ether oxygens (including phenoxy) is 1. The summed E-state index contributed by atoms with van der Waals surface area (Å²) in [6.45, 7) is 10.6. The molecule has 1 aromatic carbocycles. The summed E-state index contributed by atoms with van der Waals surface area (Å²) in [5, 5.41) is 0. The van der Waals surface area contributed by atoms with Crippen LogP contribution in [0, 0.1) is 13.8 Å². The molecule has 0 aliphatic carbocycles. The molecule has 26 heavy (non-hydrogen) atoms. The number of hydrogen-bond acceptors (Lipinski definition) is 3. The van der Waals surface area contributed by atoms with E-state index >= 15 is 0 Å². The topological polar surface area (TPSA) is 51.5 Å². The maximum absolute atomic E-state index is 13.3. The molecule has 0 radical (unpaired) electrons. The van der Waals surface area contributed by atoms with Gasteiger partial charge in [0.05, 0.1) is 12.2 Å². The van der Waals surface area contributed by atoms with E-state index in [4.69, 9.17) is 4.74 Å². The molecular formula is C21H24N2O3. The number of amides is 1. The Kier molecular flexibility index (Phi) is 4.98. The number of anilines is 1. The van der Waals surface area contributed by atoms with Gasteiger partial charge < -0.3 is 14.2 Å². The lowest BCUT2D eigenvalue weighted by Crippen LogP contribution is -2.29. The summed E-state index contributed by atoms with van der Waals surface area (Å²) in [6.07, 6.45) is 2.56. The van der Waals surface area contributed by atoms with Gasteiger partial charge in [-0.15, -0.1) is 6.58 Å². The highest BCUT2D eigenvalue weighted by molar-refractivity contribution is 6.10. The molecule has 0 saturated heterocycles. The smallest absolute Gasteiger partial charge is 0.355 e. The third-order valence-electron chi connectivity index (χ3n) is 4.89. The van der Waals surface area contributed by atoms with Gasteiger partial charge in [-0.1, -0.05) is 24.3 Å². The molecule has 0 saturated carbocycles. The van der Waals surface area contributed by atoms with Crippen LogP contribution >= 0.6 is 0 Å². The highest BCUT2D eigenvalue weighted by Gasteiger charge is 2.32. The summed E-state index contributed by atoms with van der Waals surface area (Å²) >= 11 is 0.